The predicted molar refractivity (Wildman–Crippen MR) is 90.8 cm³/mol. The molecule has 0 spiro atoms. The summed E-state index contributed by atoms with van der Waals surface area (Å²) in [6, 6.07) is 7.48. The highest BCUT2D eigenvalue weighted by Gasteiger charge is 2.22. The van der Waals surface area contributed by atoms with E-state index >= 15 is 0 Å². The molecule has 1 aromatic heterocycles. The molecule has 2 heterocycles. The molecule has 1 fully saturated rings. The Kier molecular flexibility index (Phi) is 5.37. The second-order valence-corrected chi connectivity index (χ2v) is 5.99. The van der Waals surface area contributed by atoms with Crippen LogP contribution in [-0.4, -0.2) is 53.7 Å². The Balaban J connectivity index is 1.57. The van der Waals surface area contributed by atoms with Gasteiger partial charge in [-0.3, -0.25) is 4.90 Å². The Morgan fingerprint density at radius 3 is 2.75 bits per heavy atom. The first kappa shape index (κ1) is 16.8. The van der Waals surface area contributed by atoms with Gasteiger partial charge < -0.3 is 14.1 Å². The monoisotopic (exact) mass is 349 g/mol. The summed E-state index contributed by atoms with van der Waals surface area (Å²) in [6.07, 6.45) is 1.43. The number of benzene rings is 1. The maximum Gasteiger partial charge on any atom is 0.409 e. The highest BCUT2D eigenvalue weighted by Crippen LogP contribution is 2.27. The molecule has 24 heavy (non-hydrogen) atoms. The van der Waals surface area contributed by atoms with Gasteiger partial charge in [0.15, 0.2) is 0 Å². The minimum Gasteiger partial charge on any atom is -0.450 e. The van der Waals surface area contributed by atoms with Crippen LogP contribution in [0.4, 0.5) is 4.79 Å². The van der Waals surface area contributed by atoms with Gasteiger partial charge in [-0.15, -0.1) is 0 Å². The number of carbonyl (C=O) groups excluding carboxylic acids is 1. The molecule has 7 heteroatoms. The minimum atomic E-state index is -0.236. The van der Waals surface area contributed by atoms with Gasteiger partial charge in [-0.25, -0.2) is 9.78 Å². The molecule has 0 radical (unpaired) electrons. The van der Waals surface area contributed by atoms with E-state index in [4.69, 9.17) is 20.8 Å². The summed E-state index contributed by atoms with van der Waals surface area (Å²) in [7, 11) is 0. The molecule has 1 aliphatic rings. The quantitative estimate of drug-likeness (QED) is 0.847. The Hall–Kier alpha value is -2.05. The fourth-order valence-electron chi connectivity index (χ4n) is 2.67. The number of ether oxygens (including phenoxy) is 1. The van der Waals surface area contributed by atoms with Crippen LogP contribution in [0.3, 0.4) is 0 Å². The lowest BCUT2D eigenvalue weighted by Gasteiger charge is -2.33. The van der Waals surface area contributed by atoms with Gasteiger partial charge in [-0.1, -0.05) is 23.7 Å². The highest BCUT2D eigenvalue weighted by atomic mass is 35.5. The fourth-order valence-corrected chi connectivity index (χ4v) is 2.89. The average Bonchev–Trinajstić information content (AvgIpc) is 3.04. The Morgan fingerprint density at radius 1 is 1.29 bits per heavy atom. The molecule has 6 nitrogen and oxygen atoms in total. The van der Waals surface area contributed by atoms with Gasteiger partial charge >= 0.3 is 6.09 Å². The van der Waals surface area contributed by atoms with Crippen LogP contribution in [0.2, 0.25) is 5.02 Å². The summed E-state index contributed by atoms with van der Waals surface area (Å²) in [6.45, 7) is 5.80. The zero-order valence-electron chi connectivity index (χ0n) is 13.6. The van der Waals surface area contributed by atoms with Crippen molar-refractivity contribution in [1.82, 2.24) is 14.8 Å². The maximum atomic E-state index is 11.7. The van der Waals surface area contributed by atoms with Crippen molar-refractivity contribution in [2.24, 2.45) is 0 Å². The van der Waals surface area contributed by atoms with Crippen LogP contribution in [0.1, 0.15) is 12.6 Å². The molecule has 0 N–H and O–H groups in total. The topological polar surface area (TPSA) is 58.8 Å². The molecule has 1 aliphatic heterocycles. The van der Waals surface area contributed by atoms with E-state index in [-0.39, 0.29) is 6.09 Å². The summed E-state index contributed by atoms with van der Waals surface area (Å²) in [5.41, 5.74) is 1.65. The number of rotatable bonds is 4. The number of aromatic nitrogens is 1. The molecule has 0 bridgehead atoms. The van der Waals surface area contributed by atoms with Crippen LogP contribution >= 0.6 is 11.6 Å². The zero-order chi connectivity index (χ0) is 16.9. The molecule has 1 aromatic carbocycles. The van der Waals surface area contributed by atoms with Gasteiger partial charge in [0.25, 0.3) is 0 Å². The Labute approximate surface area is 146 Å². The molecule has 0 saturated carbocycles. The van der Waals surface area contributed by atoms with Gasteiger partial charge in [0.2, 0.25) is 5.89 Å². The second-order valence-electron chi connectivity index (χ2n) is 5.59. The third kappa shape index (κ3) is 3.88. The van der Waals surface area contributed by atoms with Crippen molar-refractivity contribution in [3.8, 4) is 11.5 Å². The summed E-state index contributed by atoms with van der Waals surface area (Å²) in [4.78, 5) is 20.2. The number of hydrogen-bond donors (Lipinski definition) is 0. The van der Waals surface area contributed by atoms with Crippen molar-refractivity contribution in [2.75, 3.05) is 32.8 Å². The SMILES string of the molecule is CCOC(=O)N1CCN(Cc2coc(-c3ccccc3Cl)n2)CC1. The first-order chi connectivity index (χ1) is 11.7. The molecule has 3 rings (SSSR count). The lowest BCUT2D eigenvalue weighted by Crippen LogP contribution is -2.48. The first-order valence-corrected chi connectivity index (χ1v) is 8.38. The Bertz CT molecular complexity index is 696. The number of halogens is 1. The standard InChI is InChI=1S/C17H20ClN3O3/c1-2-23-17(22)21-9-7-20(8-10-21)11-13-12-24-16(19-13)14-5-3-4-6-15(14)18/h3-6,12H,2,7-11H2,1H3. The lowest BCUT2D eigenvalue weighted by molar-refractivity contribution is 0.0775. The van der Waals surface area contributed by atoms with E-state index in [0.29, 0.717) is 37.2 Å². The molecule has 0 aliphatic carbocycles. The van der Waals surface area contributed by atoms with Crippen molar-refractivity contribution in [3.63, 3.8) is 0 Å². The molecule has 0 atom stereocenters. The van der Waals surface area contributed by atoms with Gasteiger partial charge in [0.1, 0.15) is 6.26 Å². The van der Waals surface area contributed by atoms with E-state index in [1.807, 2.05) is 31.2 Å². The number of carbonyl (C=O) groups is 1. The average molecular weight is 350 g/mol. The van der Waals surface area contributed by atoms with Crippen molar-refractivity contribution < 1.29 is 13.9 Å². The van der Waals surface area contributed by atoms with E-state index in [0.717, 1.165) is 24.3 Å². The zero-order valence-corrected chi connectivity index (χ0v) is 14.3. The first-order valence-electron chi connectivity index (χ1n) is 8.00. The van der Waals surface area contributed by atoms with E-state index in [1.54, 1.807) is 11.2 Å². The molecule has 1 saturated heterocycles. The van der Waals surface area contributed by atoms with Gasteiger partial charge in [0.05, 0.1) is 22.9 Å². The number of oxazole rings is 1. The molecule has 2 aromatic rings. The van der Waals surface area contributed by atoms with Crippen LogP contribution in [0.15, 0.2) is 34.9 Å². The summed E-state index contributed by atoms with van der Waals surface area (Å²) in [5.74, 6) is 0.528. The van der Waals surface area contributed by atoms with E-state index < -0.39 is 0 Å². The molecular weight excluding hydrogens is 330 g/mol. The molecule has 128 valence electrons. The van der Waals surface area contributed by atoms with Crippen LogP contribution in [0, 0.1) is 0 Å². The largest absolute Gasteiger partial charge is 0.450 e. The number of hydrogen-bond acceptors (Lipinski definition) is 5. The summed E-state index contributed by atoms with van der Waals surface area (Å²) >= 11 is 6.17. The smallest absolute Gasteiger partial charge is 0.409 e. The third-order valence-corrected chi connectivity index (χ3v) is 4.27. The maximum absolute atomic E-state index is 11.7. The van der Waals surface area contributed by atoms with Crippen LogP contribution in [-0.2, 0) is 11.3 Å². The van der Waals surface area contributed by atoms with Crippen molar-refractivity contribution >= 4 is 17.7 Å². The van der Waals surface area contributed by atoms with Crippen molar-refractivity contribution in [2.45, 2.75) is 13.5 Å². The van der Waals surface area contributed by atoms with E-state index in [2.05, 4.69) is 9.88 Å². The molecular formula is C17H20ClN3O3. The van der Waals surface area contributed by atoms with Crippen LogP contribution < -0.4 is 0 Å². The second kappa shape index (κ2) is 7.68. The predicted octanol–water partition coefficient (Wildman–Crippen LogP) is 3.27. The van der Waals surface area contributed by atoms with Gasteiger partial charge in [-0.2, -0.15) is 0 Å². The van der Waals surface area contributed by atoms with E-state index in [1.165, 1.54) is 0 Å². The van der Waals surface area contributed by atoms with Gasteiger partial charge in [0, 0.05) is 32.7 Å². The third-order valence-electron chi connectivity index (χ3n) is 3.94. The number of amides is 1. The van der Waals surface area contributed by atoms with Crippen LogP contribution in [0.5, 0.6) is 0 Å². The Morgan fingerprint density at radius 2 is 2.04 bits per heavy atom. The van der Waals surface area contributed by atoms with Crippen molar-refractivity contribution in [1.29, 1.82) is 0 Å². The lowest BCUT2D eigenvalue weighted by atomic mass is 10.2. The molecule has 1 amide bonds. The minimum absolute atomic E-state index is 0.236. The summed E-state index contributed by atoms with van der Waals surface area (Å²) < 4.78 is 10.6. The summed E-state index contributed by atoms with van der Waals surface area (Å²) in [5, 5.41) is 0.619. The number of nitrogens with zero attached hydrogens (tertiary/aromatic N) is 3. The normalized spacial score (nSPS) is 15.5. The number of piperazine rings is 1. The highest BCUT2D eigenvalue weighted by molar-refractivity contribution is 6.33. The van der Waals surface area contributed by atoms with E-state index in [9.17, 15) is 4.79 Å². The van der Waals surface area contributed by atoms with Crippen molar-refractivity contribution in [3.05, 3.63) is 41.2 Å². The molecule has 0 unspecified atom stereocenters. The van der Waals surface area contributed by atoms with Gasteiger partial charge in [-0.05, 0) is 19.1 Å². The fraction of sp³-hybridized carbons (Fsp3) is 0.412. The van der Waals surface area contributed by atoms with Crippen LogP contribution in [0.25, 0.3) is 11.5 Å².